The summed E-state index contributed by atoms with van der Waals surface area (Å²) in [5.74, 6) is 1.54. The lowest BCUT2D eigenvalue weighted by Crippen LogP contribution is -2.14. The van der Waals surface area contributed by atoms with Gasteiger partial charge in [-0.1, -0.05) is 33.8 Å². The normalized spacial score (nSPS) is 8.18. The third-order valence-corrected chi connectivity index (χ3v) is 1.69. The molecule has 0 fully saturated rings. The van der Waals surface area contributed by atoms with Crippen LogP contribution >= 0.6 is 0 Å². The van der Waals surface area contributed by atoms with Gasteiger partial charge in [0.25, 0.3) is 0 Å². The Kier molecular flexibility index (Phi) is 13.7. The van der Waals surface area contributed by atoms with Crippen LogP contribution in [0.5, 0.6) is 11.5 Å². The number of hydrogen-bond acceptors (Lipinski definition) is 3. The first-order chi connectivity index (χ1) is 8.27. The van der Waals surface area contributed by atoms with Crippen LogP contribution in [0, 0.1) is 6.92 Å². The molecule has 100 valence electrons. The zero-order valence-corrected chi connectivity index (χ0v) is 12.3. The zero-order chi connectivity index (χ0) is 13.7. The van der Waals surface area contributed by atoms with Crippen molar-refractivity contribution in [3.63, 3.8) is 0 Å². The van der Waals surface area contributed by atoms with Gasteiger partial charge in [0.1, 0.15) is 6.73 Å². The Balaban J connectivity index is 0. The Morgan fingerprint density at radius 1 is 1.06 bits per heavy atom. The fourth-order valence-electron chi connectivity index (χ4n) is 1.04. The molecular weight excluding hydrogens is 214 g/mol. The summed E-state index contributed by atoms with van der Waals surface area (Å²) in [6.07, 6.45) is 0. The van der Waals surface area contributed by atoms with Crippen molar-refractivity contribution in [3.8, 4) is 11.5 Å². The number of nitrogens with one attached hydrogen (secondary N) is 1. The van der Waals surface area contributed by atoms with Crippen molar-refractivity contribution < 1.29 is 9.47 Å². The van der Waals surface area contributed by atoms with E-state index >= 15 is 0 Å². The van der Waals surface area contributed by atoms with Crippen molar-refractivity contribution in [2.75, 3.05) is 20.9 Å². The minimum Gasteiger partial charge on any atom is -0.493 e. The van der Waals surface area contributed by atoms with E-state index in [0.29, 0.717) is 6.73 Å². The molecule has 17 heavy (non-hydrogen) atoms. The van der Waals surface area contributed by atoms with Crippen molar-refractivity contribution in [1.29, 1.82) is 0 Å². The summed E-state index contributed by atoms with van der Waals surface area (Å²) in [4.78, 5) is 0. The van der Waals surface area contributed by atoms with Gasteiger partial charge >= 0.3 is 0 Å². The van der Waals surface area contributed by atoms with E-state index in [1.165, 1.54) is 0 Å². The highest BCUT2D eigenvalue weighted by molar-refractivity contribution is 5.42. The van der Waals surface area contributed by atoms with Crippen molar-refractivity contribution >= 4 is 0 Å². The summed E-state index contributed by atoms with van der Waals surface area (Å²) in [6.45, 7) is 10.5. The highest BCUT2D eigenvalue weighted by Gasteiger charge is 2.02. The van der Waals surface area contributed by atoms with Gasteiger partial charge in [-0.05, 0) is 31.7 Å². The minimum atomic E-state index is 0.486. The van der Waals surface area contributed by atoms with Crippen LogP contribution in [0.25, 0.3) is 0 Å². The van der Waals surface area contributed by atoms with Crippen molar-refractivity contribution in [2.24, 2.45) is 0 Å². The van der Waals surface area contributed by atoms with Gasteiger partial charge in [-0.25, -0.2) is 0 Å². The molecule has 0 aliphatic heterocycles. The highest BCUT2D eigenvalue weighted by Crippen LogP contribution is 2.27. The Morgan fingerprint density at radius 3 is 2.12 bits per heavy atom. The maximum atomic E-state index is 5.40. The standard InChI is InChI=1S/C10H15NO2.2C2H6/c1-8-4-5-9(13-7-11-2)10(6-8)12-3;2*1-2/h4-6,11H,7H2,1-3H3;2*1-2H3. The minimum absolute atomic E-state index is 0.486. The molecule has 1 aromatic rings. The predicted octanol–water partition coefficient (Wildman–Crippen LogP) is 3.61. The lowest BCUT2D eigenvalue weighted by atomic mass is 10.2. The van der Waals surface area contributed by atoms with Crippen molar-refractivity contribution in [2.45, 2.75) is 34.6 Å². The predicted molar refractivity (Wildman–Crippen MR) is 75.0 cm³/mol. The molecule has 0 amide bonds. The summed E-state index contributed by atoms with van der Waals surface area (Å²) in [7, 11) is 3.47. The van der Waals surface area contributed by atoms with Crippen molar-refractivity contribution in [3.05, 3.63) is 23.8 Å². The van der Waals surface area contributed by atoms with Gasteiger partial charge in [0, 0.05) is 0 Å². The van der Waals surface area contributed by atoms with Crippen LogP contribution in [0.2, 0.25) is 0 Å². The third-order valence-electron chi connectivity index (χ3n) is 1.69. The van der Waals surface area contributed by atoms with Gasteiger partial charge in [0.2, 0.25) is 0 Å². The molecule has 1 aromatic carbocycles. The van der Waals surface area contributed by atoms with E-state index in [4.69, 9.17) is 9.47 Å². The molecule has 1 N–H and O–H groups in total. The second kappa shape index (κ2) is 12.8. The molecule has 0 aliphatic rings. The molecule has 0 radical (unpaired) electrons. The van der Waals surface area contributed by atoms with E-state index in [0.717, 1.165) is 17.1 Å². The highest BCUT2D eigenvalue weighted by atomic mass is 16.5. The molecule has 3 nitrogen and oxygen atoms in total. The summed E-state index contributed by atoms with van der Waals surface area (Å²) in [6, 6.07) is 5.85. The van der Waals surface area contributed by atoms with Crippen LogP contribution in [0.15, 0.2) is 18.2 Å². The smallest absolute Gasteiger partial charge is 0.163 e. The van der Waals surface area contributed by atoms with Gasteiger partial charge in [-0.2, -0.15) is 0 Å². The monoisotopic (exact) mass is 241 g/mol. The first-order valence-electron chi connectivity index (χ1n) is 6.20. The number of benzene rings is 1. The van der Waals surface area contributed by atoms with Gasteiger partial charge in [0.05, 0.1) is 7.11 Å². The summed E-state index contributed by atoms with van der Waals surface area (Å²) >= 11 is 0. The second-order valence-corrected chi connectivity index (χ2v) is 2.80. The summed E-state index contributed by atoms with van der Waals surface area (Å²) in [5.41, 5.74) is 1.16. The van der Waals surface area contributed by atoms with E-state index < -0.39 is 0 Å². The molecule has 0 spiro atoms. The van der Waals surface area contributed by atoms with E-state index in [-0.39, 0.29) is 0 Å². The van der Waals surface area contributed by atoms with Crippen LogP contribution in [0.1, 0.15) is 33.3 Å². The van der Waals surface area contributed by atoms with E-state index in [1.54, 1.807) is 7.11 Å². The maximum absolute atomic E-state index is 5.40. The van der Waals surface area contributed by atoms with Gasteiger partial charge in [-0.15, -0.1) is 0 Å². The van der Waals surface area contributed by atoms with Gasteiger partial charge in [-0.3, -0.25) is 5.32 Å². The molecule has 1 rings (SSSR count). The van der Waals surface area contributed by atoms with Crippen molar-refractivity contribution in [1.82, 2.24) is 5.32 Å². The van der Waals surface area contributed by atoms with Gasteiger partial charge in [0.15, 0.2) is 11.5 Å². The van der Waals surface area contributed by atoms with Gasteiger partial charge < -0.3 is 9.47 Å². The average Bonchev–Trinajstić information content (AvgIpc) is 2.41. The summed E-state index contributed by atoms with van der Waals surface area (Å²) in [5, 5.41) is 2.90. The molecule has 0 atom stereocenters. The van der Waals surface area contributed by atoms with Crippen LogP contribution < -0.4 is 14.8 Å². The quantitative estimate of drug-likeness (QED) is 0.817. The maximum Gasteiger partial charge on any atom is 0.163 e. The van der Waals surface area contributed by atoms with Crippen LogP contribution in [-0.4, -0.2) is 20.9 Å². The fraction of sp³-hybridized carbons (Fsp3) is 0.571. The fourth-order valence-corrected chi connectivity index (χ4v) is 1.04. The first-order valence-corrected chi connectivity index (χ1v) is 6.20. The number of hydrogen-bond donors (Lipinski definition) is 1. The number of ether oxygens (including phenoxy) is 2. The number of rotatable bonds is 4. The molecular formula is C14H27NO2. The zero-order valence-electron chi connectivity index (χ0n) is 12.3. The molecule has 0 unspecified atom stereocenters. The van der Waals surface area contributed by atoms with E-state index in [9.17, 15) is 0 Å². The second-order valence-electron chi connectivity index (χ2n) is 2.80. The van der Waals surface area contributed by atoms with E-state index in [2.05, 4.69) is 5.32 Å². The number of methoxy groups -OCH3 is 1. The molecule has 0 heterocycles. The molecule has 0 saturated carbocycles. The Hall–Kier alpha value is -1.22. The molecule has 0 aliphatic carbocycles. The molecule has 0 saturated heterocycles. The first kappa shape index (κ1) is 18.2. The van der Waals surface area contributed by atoms with E-state index in [1.807, 2.05) is 59.9 Å². The lowest BCUT2D eigenvalue weighted by Gasteiger charge is -2.10. The number of aryl methyl sites for hydroxylation is 1. The SMILES string of the molecule is CC.CC.CNCOc1ccc(C)cc1OC. The molecule has 0 bridgehead atoms. The molecule has 0 aromatic heterocycles. The van der Waals surface area contributed by atoms with Crippen LogP contribution in [0.4, 0.5) is 0 Å². The third kappa shape index (κ3) is 7.64. The average molecular weight is 241 g/mol. The Morgan fingerprint density at radius 2 is 1.65 bits per heavy atom. The Bertz CT molecular complexity index is 275. The Labute approximate surface area is 106 Å². The van der Waals surface area contributed by atoms with Crippen LogP contribution in [0.3, 0.4) is 0 Å². The summed E-state index contributed by atoms with van der Waals surface area (Å²) < 4.78 is 10.6. The lowest BCUT2D eigenvalue weighted by molar-refractivity contribution is 0.277. The van der Waals surface area contributed by atoms with Crippen LogP contribution in [-0.2, 0) is 0 Å². The largest absolute Gasteiger partial charge is 0.493 e. The topological polar surface area (TPSA) is 30.5 Å². The molecule has 3 heteroatoms.